The van der Waals surface area contributed by atoms with Crippen LogP contribution in [0.15, 0.2) is 0 Å². The molecule has 3 N–H and O–H groups in total. The normalized spacial score (nSPS) is 51.6. The molecule has 3 fully saturated rings. The van der Waals surface area contributed by atoms with Gasteiger partial charge in [0.15, 0.2) is 12.1 Å². The van der Waals surface area contributed by atoms with E-state index in [1.165, 1.54) is 14.0 Å². The van der Waals surface area contributed by atoms with Gasteiger partial charge in [0.1, 0.15) is 48.8 Å². The third kappa shape index (κ3) is 2.99. The van der Waals surface area contributed by atoms with Gasteiger partial charge in [-0.1, -0.05) is 0 Å². The van der Waals surface area contributed by atoms with Crippen molar-refractivity contribution < 1.29 is 43.8 Å². The van der Waals surface area contributed by atoms with Gasteiger partial charge in [0.05, 0.1) is 12.7 Å². The number of aliphatic hydroxyl groups is 3. The number of methoxy groups -OCH3 is 1. The van der Waals surface area contributed by atoms with Crippen molar-refractivity contribution >= 4 is 5.78 Å². The van der Waals surface area contributed by atoms with E-state index in [1.807, 2.05) is 0 Å². The number of hydrogen-bond donors (Lipinski definition) is 3. The summed E-state index contributed by atoms with van der Waals surface area (Å²) < 4.78 is 27.5. The number of aliphatic hydroxyl groups excluding tert-OH is 3. The van der Waals surface area contributed by atoms with E-state index in [0.29, 0.717) is 0 Å². The Hall–Kier alpha value is -0.650. The molecule has 0 radical (unpaired) electrons. The fourth-order valence-corrected chi connectivity index (χ4v) is 3.52. The fourth-order valence-electron chi connectivity index (χ4n) is 3.52. The number of carbonyl (C=O) groups excluding carboxylic acids is 1. The quantitative estimate of drug-likeness (QED) is 0.527. The van der Waals surface area contributed by atoms with Crippen LogP contribution < -0.4 is 0 Å². The third-order valence-electron chi connectivity index (χ3n) is 4.86. The second kappa shape index (κ2) is 6.93. The van der Waals surface area contributed by atoms with Gasteiger partial charge in [-0.25, -0.2) is 0 Å². The number of ketones is 1. The minimum absolute atomic E-state index is 0.256. The SMILES string of the molecule is COC1C(O)C(OC2C3COC2C(O)C(C)O3)OC(C(C)=O)C1O. The zero-order valence-electron chi connectivity index (χ0n) is 13.8. The van der Waals surface area contributed by atoms with Gasteiger partial charge in [-0.05, 0) is 13.8 Å². The van der Waals surface area contributed by atoms with Crippen LogP contribution in [0.3, 0.4) is 0 Å². The molecule has 0 aliphatic carbocycles. The molecule has 3 saturated heterocycles. The minimum atomic E-state index is -1.31. The highest BCUT2D eigenvalue weighted by Gasteiger charge is 2.54. The first-order valence-electron chi connectivity index (χ1n) is 8.00. The van der Waals surface area contributed by atoms with Gasteiger partial charge < -0.3 is 39.0 Å². The van der Waals surface area contributed by atoms with Gasteiger partial charge in [-0.2, -0.15) is 0 Å². The maximum atomic E-state index is 11.7. The molecule has 0 amide bonds. The first-order chi connectivity index (χ1) is 11.3. The summed E-state index contributed by atoms with van der Waals surface area (Å²) in [7, 11) is 1.32. The predicted molar refractivity (Wildman–Crippen MR) is 77.1 cm³/mol. The summed E-state index contributed by atoms with van der Waals surface area (Å²) in [6.45, 7) is 3.27. The summed E-state index contributed by atoms with van der Waals surface area (Å²) in [6.07, 6.45) is -8.98. The van der Waals surface area contributed by atoms with E-state index in [4.69, 9.17) is 23.7 Å². The van der Waals surface area contributed by atoms with Crippen LogP contribution in [0.1, 0.15) is 13.8 Å². The summed E-state index contributed by atoms with van der Waals surface area (Å²) in [4.78, 5) is 11.7. The van der Waals surface area contributed by atoms with Crippen molar-refractivity contribution in [1.82, 2.24) is 0 Å². The number of Topliss-reactive ketones (excluding diaryl/α,β-unsaturated/α-hetero) is 1. The van der Waals surface area contributed by atoms with E-state index >= 15 is 0 Å². The monoisotopic (exact) mass is 348 g/mol. The van der Waals surface area contributed by atoms with Gasteiger partial charge >= 0.3 is 0 Å². The lowest BCUT2D eigenvalue weighted by Gasteiger charge is -2.44. The Morgan fingerprint density at radius 3 is 2.42 bits per heavy atom. The standard InChI is InChI=1S/C15H24O9/c1-5(16)11-9(18)13(20-3)10(19)15(23-11)24-12-7-4-21-14(12)8(17)6(2)22-7/h6-15,17-19H,4H2,1-3H3. The van der Waals surface area contributed by atoms with Crippen LogP contribution in [0.5, 0.6) is 0 Å². The lowest BCUT2D eigenvalue weighted by molar-refractivity contribution is -0.321. The number of hydrogen-bond acceptors (Lipinski definition) is 9. The van der Waals surface area contributed by atoms with Gasteiger partial charge in [0, 0.05) is 7.11 Å². The number of fused-ring (bicyclic) bond motifs is 2. The Balaban J connectivity index is 1.75. The predicted octanol–water partition coefficient (Wildman–Crippen LogP) is -2.03. The summed E-state index contributed by atoms with van der Waals surface area (Å²) in [5.41, 5.74) is 0. The molecular formula is C15H24O9. The van der Waals surface area contributed by atoms with Crippen LogP contribution in [0.25, 0.3) is 0 Å². The maximum Gasteiger partial charge on any atom is 0.187 e. The van der Waals surface area contributed by atoms with Crippen LogP contribution in [0.4, 0.5) is 0 Å². The molecule has 138 valence electrons. The fraction of sp³-hybridized carbons (Fsp3) is 0.933. The molecule has 2 bridgehead atoms. The molecular weight excluding hydrogens is 324 g/mol. The van der Waals surface area contributed by atoms with Gasteiger partial charge in [0.2, 0.25) is 0 Å². The number of rotatable bonds is 4. The molecule has 3 heterocycles. The first kappa shape index (κ1) is 18.2. The zero-order valence-corrected chi connectivity index (χ0v) is 13.8. The van der Waals surface area contributed by atoms with Crippen molar-refractivity contribution in [3.63, 3.8) is 0 Å². The molecule has 10 unspecified atom stereocenters. The van der Waals surface area contributed by atoms with E-state index < -0.39 is 67.0 Å². The molecule has 3 aliphatic heterocycles. The van der Waals surface area contributed by atoms with E-state index in [2.05, 4.69) is 0 Å². The van der Waals surface area contributed by atoms with Gasteiger partial charge in [-0.3, -0.25) is 4.79 Å². The van der Waals surface area contributed by atoms with Crippen LogP contribution >= 0.6 is 0 Å². The van der Waals surface area contributed by atoms with E-state index in [1.54, 1.807) is 6.92 Å². The van der Waals surface area contributed by atoms with Gasteiger partial charge in [0.25, 0.3) is 0 Å². The Bertz CT molecular complexity index is 472. The topological polar surface area (TPSA) is 124 Å². The highest BCUT2D eigenvalue weighted by molar-refractivity contribution is 5.81. The first-order valence-corrected chi connectivity index (χ1v) is 8.00. The van der Waals surface area contributed by atoms with Crippen molar-refractivity contribution in [2.24, 2.45) is 0 Å². The Kier molecular flexibility index (Phi) is 5.24. The molecule has 0 saturated carbocycles. The molecule has 10 atom stereocenters. The van der Waals surface area contributed by atoms with Crippen LogP contribution in [0.2, 0.25) is 0 Å². The lowest BCUT2D eigenvalue weighted by atomic mass is 9.95. The minimum Gasteiger partial charge on any atom is -0.388 e. The molecule has 0 aromatic carbocycles. The molecule has 9 nitrogen and oxygen atoms in total. The van der Waals surface area contributed by atoms with Crippen molar-refractivity contribution in [2.45, 2.75) is 75.1 Å². The third-order valence-corrected chi connectivity index (χ3v) is 4.86. The molecule has 0 spiro atoms. The summed E-state index contributed by atoms with van der Waals surface area (Å²) in [5, 5.41) is 30.6. The average Bonchev–Trinajstić information content (AvgIpc) is 2.84. The van der Waals surface area contributed by atoms with Crippen molar-refractivity contribution in [3.05, 3.63) is 0 Å². The summed E-state index contributed by atoms with van der Waals surface area (Å²) in [6, 6.07) is 0. The zero-order chi connectivity index (χ0) is 17.6. The summed E-state index contributed by atoms with van der Waals surface area (Å²) >= 11 is 0. The number of carbonyl (C=O) groups is 1. The van der Waals surface area contributed by atoms with E-state index in [-0.39, 0.29) is 6.61 Å². The summed E-state index contributed by atoms with van der Waals surface area (Å²) in [5.74, 6) is -0.405. The van der Waals surface area contributed by atoms with Crippen molar-refractivity contribution in [1.29, 1.82) is 0 Å². The van der Waals surface area contributed by atoms with Crippen molar-refractivity contribution in [2.75, 3.05) is 13.7 Å². The molecule has 0 aromatic rings. The lowest BCUT2D eigenvalue weighted by Crippen LogP contribution is -2.63. The van der Waals surface area contributed by atoms with E-state index in [0.717, 1.165) is 0 Å². The molecule has 9 heteroatoms. The Morgan fingerprint density at radius 1 is 1.08 bits per heavy atom. The van der Waals surface area contributed by atoms with Crippen LogP contribution in [-0.4, -0.2) is 96.0 Å². The molecule has 0 aromatic heterocycles. The Morgan fingerprint density at radius 2 is 1.79 bits per heavy atom. The largest absolute Gasteiger partial charge is 0.388 e. The Labute approximate surface area is 139 Å². The smallest absolute Gasteiger partial charge is 0.187 e. The molecule has 3 aliphatic rings. The second-order valence-corrected chi connectivity index (χ2v) is 6.49. The van der Waals surface area contributed by atoms with Gasteiger partial charge in [-0.15, -0.1) is 0 Å². The highest BCUT2D eigenvalue weighted by atomic mass is 16.7. The molecule has 3 rings (SSSR count). The number of ether oxygens (including phenoxy) is 5. The van der Waals surface area contributed by atoms with Crippen LogP contribution in [0, 0.1) is 0 Å². The van der Waals surface area contributed by atoms with Crippen molar-refractivity contribution in [3.8, 4) is 0 Å². The average molecular weight is 348 g/mol. The van der Waals surface area contributed by atoms with Crippen LogP contribution in [-0.2, 0) is 28.5 Å². The maximum absolute atomic E-state index is 11.7. The highest BCUT2D eigenvalue weighted by Crippen LogP contribution is 2.34. The second-order valence-electron chi connectivity index (χ2n) is 6.49. The van der Waals surface area contributed by atoms with E-state index in [9.17, 15) is 20.1 Å². The molecule has 24 heavy (non-hydrogen) atoms.